The van der Waals surface area contributed by atoms with Crippen LogP contribution in [0.25, 0.3) is 10.9 Å². The third-order valence-corrected chi connectivity index (χ3v) is 5.10. The molecule has 0 aliphatic rings. The molecule has 1 heterocycles. The summed E-state index contributed by atoms with van der Waals surface area (Å²) in [5.41, 5.74) is 1.50. The van der Waals surface area contributed by atoms with Crippen molar-refractivity contribution in [3.05, 3.63) is 65.9 Å². The fourth-order valence-corrected chi connectivity index (χ4v) is 3.52. The number of aromatic amines is 1. The molecule has 0 fully saturated rings. The van der Waals surface area contributed by atoms with Crippen LogP contribution in [0, 0.1) is 0 Å². The molecule has 9 heteroatoms. The lowest BCUT2D eigenvalue weighted by Gasteiger charge is -2.24. The van der Waals surface area contributed by atoms with Crippen molar-refractivity contribution in [1.29, 1.82) is 0 Å². The molecule has 3 rings (SSSR count). The number of para-hydroxylation sites is 1. The number of alkyl carbamates (subject to hydrolysis) is 1. The zero-order valence-corrected chi connectivity index (χ0v) is 19.3. The van der Waals surface area contributed by atoms with Crippen molar-refractivity contribution in [3.8, 4) is 5.75 Å². The van der Waals surface area contributed by atoms with E-state index in [4.69, 9.17) is 4.74 Å². The first-order valence-corrected chi connectivity index (χ1v) is 10.9. The molecule has 0 saturated carbocycles. The van der Waals surface area contributed by atoms with Crippen molar-refractivity contribution < 1.29 is 29.3 Å². The molecular formula is C25H29N3O6. The highest BCUT2D eigenvalue weighted by molar-refractivity contribution is 5.90. The molecule has 3 aromatic rings. The second-order valence-electron chi connectivity index (χ2n) is 9.03. The summed E-state index contributed by atoms with van der Waals surface area (Å²) in [6.45, 7) is 5.09. The van der Waals surface area contributed by atoms with Gasteiger partial charge in [0.25, 0.3) is 0 Å². The molecular weight excluding hydrogens is 438 g/mol. The Bertz CT molecular complexity index is 1160. The Labute approximate surface area is 197 Å². The van der Waals surface area contributed by atoms with Crippen molar-refractivity contribution in [1.82, 2.24) is 15.6 Å². The average molecular weight is 468 g/mol. The zero-order chi connectivity index (χ0) is 24.9. The summed E-state index contributed by atoms with van der Waals surface area (Å²) in [7, 11) is 0. The molecule has 2 atom stereocenters. The molecule has 2 unspecified atom stereocenters. The van der Waals surface area contributed by atoms with Gasteiger partial charge in [0.1, 0.15) is 23.4 Å². The number of carboxylic acid groups (broad SMARTS) is 1. The van der Waals surface area contributed by atoms with Crippen molar-refractivity contribution in [2.45, 2.75) is 51.3 Å². The fraction of sp³-hybridized carbons (Fsp3) is 0.320. The molecule has 180 valence electrons. The Balaban J connectivity index is 1.78. The van der Waals surface area contributed by atoms with Gasteiger partial charge in [-0.25, -0.2) is 9.59 Å². The van der Waals surface area contributed by atoms with E-state index in [1.807, 2.05) is 24.3 Å². The quantitative estimate of drug-likeness (QED) is 0.345. The van der Waals surface area contributed by atoms with Crippen LogP contribution >= 0.6 is 0 Å². The van der Waals surface area contributed by atoms with Crippen LogP contribution in [-0.2, 0) is 27.2 Å². The SMILES string of the molecule is CC(C)(C)OC(=O)NC(Cc1ccc(O)cc1)C(=O)NC(Cc1c[nH]c2ccccc12)C(=O)O. The van der Waals surface area contributed by atoms with E-state index in [0.29, 0.717) is 5.56 Å². The molecule has 0 aliphatic carbocycles. The number of benzene rings is 2. The first kappa shape index (κ1) is 24.6. The highest BCUT2D eigenvalue weighted by Gasteiger charge is 2.29. The Morgan fingerprint density at radius 3 is 2.29 bits per heavy atom. The number of fused-ring (bicyclic) bond motifs is 1. The summed E-state index contributed by atoms with van der Waals surface area (Å²) in [5.74, 6) is -1.79. The van der Waals surface area contributed by atoms with Crippen LogP contribution in [0.5, 0.6) is 5.75 Å². The van der Waals surface area contributed by atoms with Gasteiger partial charge in [0.15, 0.2) is 0 Å². The number of ether oxygens (including phenoxy) is 1. The lowest BCUT2D eigenvalue weighted by molar-refractivity contribution is -0.142. The molecule has 0 saturated heterocycles. The van der Waals surface area contributed by atoms with Gasteiger partial charge in [-0.2, -0.15) is 0 Å². The average Bonchev–Trinajstić information content (AvgIpc) is 3.16. The van der Waals surface area contributed by atoms with Gasteiger partial charge in [0.2, 0.25) is 5.91 Å². The maximum atomic E-state index is 13.1. The van der Waals surface area contributed by atoms with Gasteiger partial charge in [-0.15, -0.1) is 0 Å². The van der Waals surface area contributed by atoms with E-state index in [2.05, 4.69) is 15.6 Å². The van der Waals surface area contributed by atoms with Crippen LogP contribution < -0.4 is 10.6 Å². The lowest BCUT2D eigenvalue weighted by atomic mass is 10.0. The number of amides is 2. The van der Waals surface area contributed by atoms with E-state index in [-0.39, 0.29) is 18.6 Å². The normalized spacial score (nSPS) is 13.1. The number of phenolic OH excluding ortho intramolecular Hbond substituents is 1. The molecule has 0 bridgehead atoms. The van der Waals surface area contributed by atoms with Crippen molar-refractivity contribution in [2.75, 3.05) is 0 Å². The first-order chi connectivity index (χ1) is 16.0. The minimum absolute atomic E-state index is 0.0590. The predicted molar refractivity (Wildman–Crippen MR) is 127 cm³/mol. The number of nitrogens with one attached hydrogen (secondary N) is 3. The number of aromatic nitrogens is 1. The van der Waals surface area contributed by atoms with E-state index in [0.717, 1.165) is 16.5 Å². The molecule has 34 heavy (non-hydrogen) atoms. The van der Waals surface area contributed by atoms with Crippen molar-refractivity contribution in [2.24, 2.45) is 0 Å². The van der Waals surface area contributed by atoms with Crippen LogP contribution in [-0.4, -0.2) is 50.9 Å². The van der Waals surface area contributed by atoms with Gasteiger partial charge in [-0.1, -0.05) is 30.3 Å². The summed E-state index contributed by atoms with van der Waals surface area (Å²) in [6, 6.07) is 11.3. The molecule has 0 aliphatic heterocycles. The Hall–Kier alpha value is -4.01. The number of aromatic hydroxyl groups is 1. The number of aliphatic carboxylic acids is 1. The van der Waals surface area contributed by atoms with Gasteiger partial charge in [0, 0.05) is 29.9 Å². The summed E-state index contributed by atoms with van der Waals surface area (Å²) in [4.78, 5) is 40.5. The summed E-state index contributed by atoms with van der Waals surface area (Å²) >= 11 is 0. The number of rotatable bonds is 8. The molecule has 0 radical (unpaired) electrons. The molecule has 2 aromatic carbocycles. The van der Waals surface area contributed by atoms with Gasteiger partial charge in [-0.3, -0.25) is 4.79 Å². The molecule has 1 aromatic heterocycles. The topological polar surface area (TPSA) is 141 Å². The molecule has 0 spiro atoms. The van der Waals surface area contributed by atoms with Gasteiger partial charge < -0.3 is 30.6 Å². The third-order valence-electron chi connectivity index (χ3n) is 5.10. The van der Waals surface area contributed by atoms with E-state index < -0.39 is 35.7 Å². The van der Waals surface area contributed by atoms with E-state index in [1.54, 1.807) is 39.1 Å². The number of H-pyrrole nitrogens is 1. The lowest BCUT2D eigenvalue weighted by Crippen LogP contribution is -2.53. The van der Waals surface area contributed by atoms with Crippen molar-refractivity contribution in [3.63, 3.8) is 0 Å². The number of carbonyl (C=O) groups excluding carboxylic acids is 2. The monoisotopic (exact) mass is 467 g/mol. The van der Waals surface area contributed by atoms with Gasteiger partial charge >= 0.3 is 12.1 Å². The Kier molecular flexibility index (Phi) is 7.45. The second-order valence-corrected chi connectivity index (χ2v) is 9.03. The summed E-state index contributed by atoms with van der Waals surface area (Å²) in [6.07, 6.45) is 1.06. The van der Waals surface area contributed by atoms with Crippen LogP contribution in [0.2, 0.25) is 0 Å². The standard InChI is InChI=1S/C25H29N3O6/c1-25(2,3)34-24(33)28-20(12-15-8-10-17(29)11-9-15)22(30)27-21(23(31)32)13-16-14-26-19-7-5-4-6-18(16)19/h4-11,14,20-21,26,29H,12-13H2,1-3H3,(H,27,30)(H,28,33)(H,31,32). The minimum Gasteiger partial charge on any atom is -0.508 e. The van der Waals surface area contributed by atoms with Crippen molar-refractivity contribution >= 4 is 28.9 Å². The zero-order valence-electron chi connectivity index (χ0n) is 19.3. The number of carbonyl (C=O) groups is 3. The van der Waals surface area contributed by atoms with Crippen LogP contribution in [0.1, 0.15) is 31.9 Å². The van der Waals surface area contributed by atoms with Gasteiger partial charge in [-0.05, 0) is 50.1 Å². The Morgan fingerprint density at radius 1 is 0.971 bits per heavy atom. The highest BCUT2D eigenvalue weighted by atomic mass is 16.6. The second kappa shape index (κ2) is 10.3. The first-order valence-electron chi connectivity index (χ1n) is 10.9. The number of hydrogen-bond donors (Lipinski definition) is 5. The number of carboxylic acids is 1. The molecule has 9 nitrogen and oxygen atoms in total. The van der Waals surface area contributed by atoms with E-state index in [1.165, 1.54) is 12.1 Å². The highest BCUT2D eigenvalue weighted by Crippen LogP contribution is 2.19. The van der Waals surface area contributed by atoms with Crippen LogP contribution in [0.4, 0.5) is 4.79 Å². The summed E-state index contributed by atoms with van der Waals surface area (Å²) < 4.78 is 5.27. The number of hydrogen-bond acceptors (Lipinski definition) is 5. The fourth-order valence-electron chi connectivity index (χ4n) is 3.52. The summed E-state index contributed by atoms with van der Waals surface area (Å²) in [5, 5.41) is 25.2. The maximum absolute atomic E-state index is 13.1. The smallest absolute Gasteiger partial charge is 0.408 e. The van der Waals surface area contributed by atoms with Crippen LogP contribution in [0.3, 0.4) is 0 Å². The minimum atomic E-state index is -1.21. The maximum Gasteiger partial charge on any atom is 0.408 e. The third kappa shape index (κ3) is 6.74. The molecule has 2 amide bonds. The number of phenols is 1. The van der Waals surface area contributed by atoms with Gasteiger partial charge in [0.05, 0.1) is 0 Å². The Morgan fingerprint density at radius 2 is 1.65 bits per heavy atom. The largest absolute Gasteiger partial charge is 0.508 e. The van der Waals surface area contributed by atoms with E-state index >= 15 is 0 Å². The predicted octanol–water partition coefficient (Wildman–Crippen LogP) is 3.12. The van der Waals surface area contributed by atoms with Crippen LogP contribution in [0.15, 0.2) is 54.7 Å². The van der Waals surface area contributed by atoms with E-state index in [9.17, 15) is 24.6 Å². The molecule has 5 N–H and O–H groups in total.